The zero-order valence-corrected chi connectivity index (χ0v) is 17.8. The normalized spacial score (nSPS) is 12.1. The van der Waals surface area contributed by atoms with Crippen molar-refractivity contribution in [3.8, 4) is 5.75 Å². The van der Waals surface area contributed by atoms with E-state index in [0.29, 0.717) is 5.56 Å². The van der Waals surface area contributed by atoms with E-state index in [1.807, 2.05) is 0 Å². The summed E-state index contributed by atoms with van der Waals surface area (Å²) >= 11 is 0. The van der Waals surface area contributed by atoms with E-state index in [9.17, 15) is 23.1 Å². The predicted octanol–water partition coefficient (Wildman–Crippen LogP) is 3.75. The number of aromatic hydroxyl groups is 1. The Balaban J connectivity index is 1.72. The van der Waals surface area contributed by atoms with Crippen molar-refractivity contribution in [3.05, 3.63) is 83.9 Å². The van der Waals surface area contributed by atoms with Crippen LogP contribution >= 0.6 is 0 Å². The van der Waals surface area contributed by atoms with Crippen molar-refractivity contribution in [1.82, 2.24) is 0 Å². The maximum Gasteiger partial charge on any atom is 0.255 e. The van der Waals surface area contributed by atoms with Crippen molar-refractivity contribution in [2.45, 2.75) is 24.0 Å². The number of aryl methyl sites for hydroxylation is 1. The Morgan fingerprint density at radius 3 is 2.26 bits per heavy atom. The lowest BCUT2D eigenvalue weighted by atomic mass is 10.2. The maximum atomic E-state index is 12.7. The number of amides is 2. The maximum absolute atomic E-state index is 12.7. The van der Waals surface area contributed by atoms with Gasteiger partial charge in [0.05, 0.1) is 10.6 Å². The topological polar surface area (TPSA) is 113 Å². The second kappa shape index (κ2) is 9.01. The molecule has 0 radical (unpaired) electrons. The molecule has 1 atom stereocenters. The quantitative estimate of drug-likeness (QED) is 0.507. The van der Waals surface area contributed by atoms with Gasteiger partial charge in [-0.25, -0.2) is 8.42 Å². The monoisotopic (exact) mass is 438 g/mol. The van der Waals surface area contributed by atoms with Crippen LogP contribution in [0.15, 0.2) is 77.7 Å². The molecule has 0 aliphatic rings. The van der Waals surface area contributed by atoms with Crippen molar-refractivity contribution in [2.75, 3.05) is 10.6 Å². The lowest BCUT2D eigenvalue weighted by molar-refractivity contribution is -0.115. The molecule has 3 aromatic carbocycles. The molecule has 0 spiro atoms. The summed E-state index contributed by atoms with van der Waals surface area (Å²) in [5.41, 5.74) is 1.56. The first-order valence-corrected chi connectivity index (χ1v) is 11.0. The predicted molar refractivity (Wildman–Crippen MR) is 119 cm³/mol. The van der Waals surface area contributed by atoms with Crippen LogP contribution in [-0.2, 0) is 14.6 Å². The standard InChI is InChI=1S/C23H22N2O5S/c1-15-7-6-10-19(13-15)31(29,30)16(2)22(27)24-18-11-12-20(21(26)14-18)25-23(28)17-8-4-3-5-9-17/h3-14,16,26H,1-2H3,(H,24,27)(H,25,28). The number of hydrogen-bond acceptors (Lipinski definition) is 5. The number of phenolic OH excluding ortho intramolecular Hbond substituents is 1. The Kier molecular flexibility index (Phi) is 6.41. The second-order valence-electron chi connectivity index (χ2n) is 7.05. The summed E-state index contributed by atoms with van der Waals surface area (Å²) < 4.78 is 25.5. The molecule has 7 nitrogen and oxygen atoms in total. The van der Waals surface area contributed by atoms with Crippen LogP contribution in [0.5, 0.6) is 5.75 Å². The molecule has 0 aliphatic heterocycles. The van der Waals surface area contributed by atoms with Crippen molar-refractivity contribution in [1.29, 1.82) is 0 Å². The number of sulfone groups is 1. The van der Waals surface area contributed by atoms with Gasteiger partial charge in [0.15, 0.2) is 9.84 Å². The molecule has 0 saturated carbocycles. The van der Waals surface area contributed by atoms with Gasteiger partial charge in [-0.05, 0) is 55.8 Å². The molecule has 0 aliphatic carbocycles. The lowest BCUT2D eigenvalue weighted by Crippen LogP contribution is -2.32. The fourth-order valence-electron chi connectivity index (χ4n) is 2.88. The molecule has 3 rings (SSSR count). The van der Waals surface area contributed by atoms with Crippen LogP contribution in [0.3, 0.4) is 0 Å². The first-order valence-electron chi connectivity index (χ1n) is 9.49. The molecule has 0 heterocycles. The second-order valence-corrected chi connectivity index (χ2v) is 9.31. The van der Waals surface area contributed by atoms with Crippen LogP contribution in [0.4, 0.5) is 11.4 Å². The van der Waals surface area contributed by atoms with Crippen LogP contribution in [0.1, 0.15) is 22.8 Å². The summed E-state index contributed by atoms with van der Waals surface area (Å²) in [6.07, 6.45) is 0. The number of rotatable bonds is 6. The van der Waals surface area contributed by atoms with E-state index in [1.54, 1.807) is 49.4 Å². The minimum absolute atomic E-state index is 0.0666. The van der Waals surface area contributed by atoms with Gasteiger partial charge in [-0.3, -0.25) is 9.59 Å². The highest BCUT2D eigenvalue weighted by atomic mass is 32.2. The molecule has 0 bridgehead atoms. The largest absolute Gasteiger partial charge is 0.506 e. The third-order valence-electron chi connectivity index (χ3n) is 4.70. The van der Waals surface area contributed by atoms with E-state index in [1.165, 1.54) is 37.3 Å². The van der Waals surface area contributed by atoms with Crippen LogP contribution in [0.2, 0.25) is 0 Å². The average Bonchev–Trinajstić information content (AvgIpc) is 2.75. The first-order chi connectivity index (χ1) is 14.7. The average molecular weight is 439 g/mol. The Bertz CT molecular complexity index is 1220. The first kappa shape index (κ1) is 22.0. The SMILES string of the molecule is Cc1cccc(S(=O)(=O)C(C)C(=O)Nc2ccc(NC(=O)c3ccccc3)c(O)c2)c1. The molecule has 0 fully saturated rings. The third-order valence-corrected chi connectivity index (χ3v) is 6.76. The van der Waals surface area contributed by atoms with Crippen LogP contribution in [0, 0.1) is 6.92 Å². The Hall–Kier alpha value is -3.65. The van der Waals surface area contributed by atoms with Gasteiger partial charge in [0.1, 0.15) is 11.0 Å². The molecule has 3 N–H and O–H groups in total. The Labute approximate surface area is 180 Å². The summed E-state index contributed by atoms with van der Waals surface area (Å²) in [6.45, 7) is 3.08. The van der Waals surface area contributed by atoms with Crippen molar-refractivity contribution < 1.29 is 23.1 Å². The van der Waals surface area contributed by atoms with Gasteiger partial charge in [-0.1, -0.05) is 30.3 Å². The molecule has 31 heavy (non-hydrogen) atoms. The fourth-order valence-corrected chi connectivity index (χ4v) is 4.25. The minimum atomic E-state index is -3.88. The van der Waals surface area contributed by atoms with Crippen molar-refractivity contribution in [3.63, 3.8) is 0 Å². The molecule has 0 saturated heterocycles. The van der Waals surface area contributed by atoms with Crippen molar-refractivity contribution in [2.24, 2.45) is 0 Å². The molecular weight excluding hydrogens is 416 g/mol. The van der Waals surface area contributed by atoms with Crippen molar-refractivity contribution >= 4 is 33.0 Å². The van der Waals surface area contributed by atoms with Crippen LogP contribution < -0.4 is 10.6 Å². The van der Waals surface area contributed by atoms with E-state index in [2.05, 4.69) is 10.6 Å². The number of phenols is 1. The molecule has 160 valence electrons. The number of carbonyl (C=O) groups is 2. The summed E-state index contributed by atoms with van der Waals surface area (Å²) in [5.74, 6) is -1.40. The highest BCUT2D eigenvalue weighted by Gasteiger charge is 2.30. The number of anilines is 2. The summed E-state index contributed by atoms with van der Waals surface area (Å²) in [7, 11) is -3.88. The number of hydrogen-bond donors (Lipinski definition) is 3. The van der Waals surface area contributed by atoms with E-state index in [-0.39, 0.29) is 22.0 Å². The number of nitrogens with one attached hydrogen (secondary N) is 2. The lowest BCUT2D eigenvalue weighted by Gasteiger charge is -2.15. The molecule has 2 amide bonds. The molecule has 1 unspecified atom stereocenters. The highest BCUT2D eigenvalue weighted by molar-refractivity contribution is 7.92. The summed E-state index contributed by atoms with van der Waals surface area (Å²) in [5, 5.41) is 14.0. The summed E-state index contributed by atoms with van der Waals surface area (Å²) in [4.78, 5) is 24.8. The van der Waals surface area contributed by atoms with Crippen LogP contribution in [0.25, 0.3) is 0 Å². The van der Waals surface area contributed by atoms with E-state index in [4.69, 9.17) is 0 Å². The van der Waals surface area contributed by atoms with Gasteiger partial charge in [-0.15, -0.1) is 0 Å². The Morgan fingerprint density at radius 1 is 0.903 bits per heavy atom. The molecular formula is C23H22N2O5S. The van der Waals surface area contributed by atoms with Crippen LogP contribution in [-0.4, -0.2) is 30.6 Å². The number of benzene rings is 3. The smallest absolute Gasteiger partial charge is 0.255 e. The van der Waals surface area contributed by atoms with Gasteiger partial charge in [0.25, 0.3) is 5.91 Å². The third kappa shape index (κ3) is 5.10. The zero-order valence-electron chi connectivity index (χ0n) is 17.0. The van der Waals surface area contributed by atoms with E-state index >= 15 is 0 Å². The van der Waals surface area contributed by atoms with Gasteiger partial charge >= 0.3 is 0 Å². The van der Waals surface area contributed by atoms with E-state index in [0.717, 1.165) is 5.56 Å². The summed E-state index contributed by atoms with van der Waals surface area (Å²) in [6, 6.07) is 19.0. The van der Waals surface area contributed by atoms with Gasteiger partial charge < -0.3 is 15.7 Å². The Morgan fingerprint density at radius 2 is 1.61 bits per heavy atom. The zero-order chi connectivity index (χ0) is 22.6. The van der Waals surface area contributed by atoms with E-state index < -0.39 is 26.9 Å². The number of carbonyl (C=O) groups excluding carboxylic acids is 2. The minimum Gasteiger partial charge on any atom is -0.506 e. The van der Waals surface area contributed by atoms with Gasteiger partial charge in [-0.2, -0.15) is 0 Å². The molecule has 3 aromatic rings. The van der Waals surface area contributed by atoms with Gasteiger partial charge in [0, 0.05) is 17.3 Å². The molecule has 8 heteroatoms. The fraction of sp³-hybridized carbons (Fsp3) is 0.130. The highest BCUT2D eigenvalue weighted by Crippen LogP contribution is 2.28. The van der Waals surface area contributed by atoms with Gasteiger partial charge in [0.2, 0.25) is 5.91 Å². The molecule has 0 aromatic heterocycles.